The summed E-state index contributed by atoms with van der Waals surface area (Å²) in [6, 6.07) is 9.87. The SMILES string of the molecule is CNc1cc(-c2ccc(F)cc2F)c2nc(Nc3ccc(CN4CCC(N(C)C)C4)cn3)sc2n1. The molecule has 0 saturated carbocycles. The average molecular weight is 496 g/mol. The van der Waals surface area contributed by atoms with E-state index >= 15 is 0 Å². The van der Waals surface area contributed by atoms with Gasteiger partial charge in [-0.05, 0) is 50.3 Å². The number of pyridine rings is 2. The van der Waals surface area contributed by atoms with Crippen LogP contribution in [0.25, 0.3) is 21.5 Å². The van der Waals surface area contributed by atoms with E-state index in [-0.39, 0.29) is 5.56 Å². The Kier molecular flexibility index (Phi) is 6.59. The average Bonchev–Trinajstić information content (AvgIpc) is 3.46. The molecule has 10 heteroatoms. The van der Waals surface area contributed by atoms with Crippen molar-refractivity contribution in [2.75, 3.05) is 44.9 Å². The minimum Gasteiger partial charge on any atom is -0.373 e. The molecule has 35 heavy (non-hydrogen) atoms. The fourth-order valence-electron chi connectivity index (χ4n) is 4.34. The third kappa shape index (κ3) is 5.09. The first-order chi connectivity index (χ1) is 16.9. The van der Waals surface area contributed by atoms with Gasteiger partial charge in [0, 0.05) is 56.1 Å². The van der Waals surface area contributed by atoms with Crippen LogP contribution in [0.4, 0.5) is 25.5 Å². The third-order valence-electron chi connectivity index (χ3n) is 6.29. The highest BCUT2D eigenvalue weighted by Crippen LogP contribution is 2.36. The van der Waals surface area contributed by atoms with Crippen molar-refractivity contribution in [3.63, 3.8) is 0 Å². The van der Waals surface area contributed by atoms with Gasteiger partial charge in [-0.1, -0.05) is 17.4 Å². The maximum atomic E-state index is 14.6. The second kappa shape index (κ2) is 9.80. The molecular formula is C25H27F2N7S. The summed E-state index contributed by atoms with van der Waals surface area (Å²) >= 11 is 1.35. The van der Waals surface area contributed by atoms with E-state index in [1.807, 2.05) is 12.3 Å². The number of hydrogen-bond acceptors (Lipinski definition) is 8. The topological polar surface area (TPSA) is 69.2 Å². The maximum Gasteiger partial charge on any atom is 0.190 e. The number of thiazole rings is 1. The number of anilines is 3. The Morgan fingerprint density at radius 3 is 2.63 bits per heavy atom. The molecule has 1 unspecified atom stereocenters. The summed E-state index contributed by atoms with van der Waals surface area (Å²) in [5.74, 6) is -0.0203. The van der Waals surface area contributed by atoms with Crippen molar-refractivity contribution in [2.24, 2.45) is 0 Å². The number of halogens is 2. The molecule has 7 nitrogen and oxygen atoms in total. The Labute approximate surface area is 206 Å². The van der Waals surface area contributed by atoms with E-state index in [2.05, 4.69) is 55.5 Å². The number of fused-ring (bicyclic) bond motifs is 1. The summed E-state index contributed by atoms with van der Waals surface area (Å²) in [6.07, 6.45) is 3.07. The second-order valence-corrected chi connectivity index (χ2v) is 9.90. The van der Waals surface area contributed by atoms with Gasteiger partial charge in [0.25, 0.3) is 0 Å². The van der Waals surface area contributed by atoms with Crippen LogP contribution in [0, 0.1) is 11.6 Å². The smallest absolute Gasteiger partial charge is 0.190 e. The van der Waals surface area contributed by atoms with Crippen LogP contribution in [0.15, 0.2) is 42.6 Å². The lowest BCUT2D eigenvalue weighted by molar-refractivity contribution is 0.264. The van der Waals surface area contributed by atoms with Gasteiger partial charge in [-0.2, -0.15) is 0 Å². The van der Waals surface area contributed by atoms with Crippen molar-refractivity contribution >= 4 is 38.5 Å². The zero-order valence-corrected chi connectivity index (χ0v) is 20.7. The van der Waals surface area contributed by atoms with E-state index in [0.29, 0.717) is 38.7 Å². The highest BCUT2D eigenvalue weighted by atomic mass is 32.1. The predicted molar refractivity (Wildman–Crippen MR) is 137 cm³/mol. The van der Waals surface area contributed by atoms with Crippen molar-refractivity contribution in [1.82, 2.24) is 24.8 Å². The molecule has 2 N–H and O–H groups in total. The van der Waals surface area contributed by atoms with Gasteiger partial charge in [0.05, 0.1) is 0 Å². The third-order valence-corrected chi connectivity index (χ3v) is 7.15. The Morgan fingerprint density at radius 1 is 1.09 bits per heavy atom. The minimum atomic E-state index is -0.644. The Balaban J connectivity index is 1.36. The monoisotopic (exact) mass is 495 g/mol. The van der Waals surface area contributed by atoms with Crippen molar-refractivity contribution in [3.05, 3.63) is 59.8 Å². The van der Waals surface area contributed by atoms with E-state index in [9.17, 15) is 8.78 Å². The standard InChI is InChI=1S/C25H27F2N7S/c1-28-22-11-19(18-6-5-16(26)10-20(18)27)23-24(30-22)35-25(32-23)31-21-7-4-15(12-29-21)13-34-9-8-17(14-34)33(2)3/h4-7,10-12,17H,8-9,13-14H2,1-3H3,(H,28,30)(H,29,31,32). The van der Waals surface area contributed by atoms with Gasteiger partial charge in [-0.25, -0.2) is 23.7 Å². The first-order valence-corrected chi connectivity index (χ1v) is 12.3. The predicted octanol–water partition coefficient (Wildman–Crippen LogP) is 4.95. The summed E-state index contributed by atoms with van der Waals surface area (Å²) in [4.78, 5) is 19.1. The summed E-state index contributed by atoms with van der Waals surface area (Å²) in [7, 11) is 6.01. The van der Waals surface area contributed by atoms with Crippen LogP contribution >= 0.6 is 11.3 Å². The van der Waals surface area contributed by atoms with Crippen LogP contribution < -0.4 is 10.6 Å². The van der Waals surface area contributed by atoms with E-state index in [4.69, 9.17) is 0 Å². The van der Waals surface area contributed by atoms with Gasteiger partial charge in [-0.3, -0.25) is 4.90 Å². The molecule has 4 heterocycles. The number of benzene rings is 1. The second-order valence-electron chi connectivity index (χ2n) is 8.92. The normalized spacial score (nSPS) is 16.3. The van der Waals surface area contributed by atoms with Gasteiger partial charge in [0.1, 0.15) is 33.6 Å². The Bertz CT molecular complexity index is 1340. The fourth-order valence-corrected chi connectivity index (χ4v) is 5.21. The molecule has 4 aromatic rings. The van der Waals surface area contributed by atoms with Gasteiger partial charge in [0.2, 0.25) is 0 Å². The van der Waals surface area contributed by atoms with Crippen molar-refractivity contribution < 1.29 is 8.78 Å². The molecule has 1 saturated heterocycles. The Morgan fingerprint density at radius 2 is 1.94 bits per heavy atom. The van der Waals surface area contributed by atoms with E-state index in [1.165, 1.54) is 29.9 Å². The molecule has 5 rings (SSSR count). The largest absolute Gasteiger partial charge is 0.373 e. The van der Waals surface area contributed by atoms with Gasteiger partial charge < -0.3 is 15.5 Å². The van der Waals surface area contributed by atoms with E-state index in [1.54, 1.807) is 13.1 Å². The van der Waals surface area contributed by atoms with Crippen LogP contribution in [-0.4, -0.2) is 65.0 Å². The molecule has 1 aliphatic rings. The van der Waals surface area contributed by atoms with Crippen LogP contribution in [0.5, 0.6) is 0 Å². The molecule has 3 aromatic heterocycles. The van der Waals surface area contributed by atoms with Crippen LogP contribution in [0.3, 0.4) is 0 Å². The minimum absolute atomic E-state index is 0.271. The van der Waals surface area contributed by atoms with Crippen molar-refractivity contribution in [1.29, 1.82) is 0 Å². The number of rotatable bonds is 7. The zero-order valence-electron chi connectivity index (χ0n) is 19.8. The number of nitrogens with one attached hydrogen (secondary N) is 2. The van der Waals surface area contributed by atoms with E-state index < -0.39 is 11.6 Å². The maximum absolute atomic E-state index is 14.6. The highest BCUT2D eigenvalue weighted by molar-refractivity contribution is 7.21. The Hall–Kier alpha value is -3.21. The lowest BCUT2D eigenvalue weighted by atomic mass is 10.1. The van der Waals surface area contributed by atoms with E-state index in [0.717, 1.165) is 31.3 Å². The molecule has 0 spiro atoms. The van der Waals surface area contributed by atoms with Gasteiger partial charge in [0.15, 0.2) is 5.13 Å². The molecule has 1 fully saturated rings. The first kappa shape index (κ1) is 23.5. The highest BCUT2D eigenvalue weighted by Gasteiger charge is 2.23. The van der Waals surface area contributed by atoms with Crippen LogP contribution in [0.1, 0.15) is 12.0 Å². The molecule has 1 aliphatic heterocycles. The lowest BCUT2D eigenvalue weighted by Crippen LogP contribution is -2.31. The lowest BCUT2D eigenvalue weighted by Gasteiger charge is -2.20. The summed E-state index contributed by atoms with van der Waals surface area (Å²) in [6.45, 7) is 3.03. The number of likely N-dealkylation sites (N-methyl/N-ethyl adjacent to an activating group) is 1. The van der Waals surface area contributed by atoms with Crippen LogP contribution in [-0.2, 0) is 6.54 Å². The van der Waals surface area contributed by atoms with Gasteiger partial charge in [-0.15, -0.1) is 0 Å². The summed E-state index contributed by atoms with van der Waals surface area (Å²) in [5.41, 5.74) is 2.52. The number of aromatic nitrogens is 3. The molecule has 0 radical (unpaired) electrons. The number of likely N-dealkylation sites (tertiary alicyclic amines) is 1. The zero-order chi connectivity index (χ0) is 24.5. The summed E-state index contributed by atoms with van der Waals surface area (Å²) in [5, 5.41) is 6.83. The first-order valence-electron chi connectivity index (χ1n) is 11.4. The summed E-state index contributed by atoms with van der Waals surface area (Å²) < 4.78 is 28.0. The molecule has 1 atom stereocenters. The fraction of sp³-hybridized carbons (Fsp3) is 0.320. The van der Waals surface area contributed by atoms with Gasteiger partial charge >= 0.3 is 0 Å². The number of nitrogens with zero attached hydrogens (tertiary/aromatic N) is 5. The molecule has 0 bridgehead atoms. The molecule has 0 aliphatic carbocycles. The molecular weight excluding hydrogens is 468 g/mol. The molecule has 1 aromatic carbocycles. The van der Waals surface area contributed by atoms with Crippen molar-refractivity contribution in [2.45, 2.75) is 19.0 Å². The molecule has 0 amide bonds. The molecule has 182 valence electrons. The van der Waals surface area contributed by atoms with Crippen LogP contribution in [0.2, 0.25) is 0 Å². The van der Waals surface area contributed by atoms with Crippen molar-refractivity contribution in [3.8, 4) is 11.1 Å². The quantitative estimate of drug-likeness (QED) is 0.376. The number of hydrogen-bond donors (Lipinski definition) is 2.